The number of nitrogens with zero attached hydrogens (tertiary/aromatic N) is 1. The molecule has 0 unspecified atom stereocenters. The van der Waals surface area contributed by atoms with Crippen molar-refractivity contribution in [1.82, 2.24) is 5.32 Å². The third-order valence-corrected chi connectivity index (χ3v) is 2.60. The van der Waals surface area contributed by atoms with Crippen LogP contribution in [-0.2, 0) is 9.53 Å². The van der Waals surface area contributed by atoms with E-state index in [0.717, 1.165) is 4.47 Å². The van der Waals surface area contributed by atoms with Crippen molar-refractivity contribution in [3.8, 4) is 6.07 Å². The summed E-state index contributed by atoms with van der Waals surface area (Å²) in [6.07, 6.45) is 0. The molecule has 1 aromatic carbocycles. The van der Waals surface area contributed by atoms with Crippen molar-refractivity contribution < 1.29 is 19.4 Å². The smallest absolute Gasteiger partial charge is 0.329 e. The monoisotopic (exact) mass is 341 g/mol. The average molecular weight is 342 g/mol. The number of nitrogens with one attached hydrogen (secondary N) is 2. The first-order valence-corrected chi connectivity index (χ1v) is 6.36. The van der Waals surface area contributed by atoms with Crippen LogP contribution in [0, 0.1) is 11.3 Å². The van der Waals surface area contributed by atoms with E-state index in [4.69, 9.17) is 15.1 Å². The van der Waals surface area contributed by atoms with Crippen LogP contribution < -0.4 is 10.6 Å². The lowest BCUT2D eigenvalue weighted by Crippen LogP contribution is -2.32. The Morgan fingerprint density at radius 2 is 2.20 bits per heavy atom. The predicted molar refractivity (Wildman–Crippen MR) is 74.3 cm³/mol. The maximum atomic E-state index is 11.6. The van der Waals surface area contributed by atoms with Gasteiger partial charge in [-0.15, -0.1) is 0 Å². The number of hydrogen-bond acceptors (Lipinski definition) is 4. The number of benzene rings is 1. The van der Waals surface area contributed by atoms with E-state index in [2.05, 4.69) is 26.6 Å². The van der Waals surface area contributed by atoms with E-state index in [0.29, 0.717) is 11.3 Å². The van der Waals surface area contributed by atoms with Crippen LogP contribution in [0.1, 0.15) is 5.56 Å². The molecule has 1 rings (SSSR count). The molecule has 0 aromatic heterocycles. The zero-order chi connectivity index (χ0) is 15.0. The predicted octanol–water partition coefficient (Wildman–Crippen LogP) is 1.54. The minimum Gasteiger partial charge on any atom is -0.480 e. The molecule has 0 saturated carbocycles. The molecule has 0 fully saturated rings. The SMILES string of the molecule is N#Cc1ccc(Br)cc1NC(=O)NCCOCC(=O)O. The summed E-state index contributed by atoms with van der Waals surface area (Å²) >= 11 is 3.25. The molecule has 0 aliphatic carbocycles. The number of halogens is 1. The molecule has 2 amide bonds. The lowest BCUT2D eigenvalue weighted by molar-refractivity contribution is -0.142. The highest BCUT2D eigenvalue weighted by Crippen LogP contribution is 2.20. The molecular weight excluding hydrogens is 330 g/mol. The third-order valence-electron chi connectivity index (χ3n) is 2.11. The van der Waals surface area contributed by atoms with Crippen LogP contribution in [0.25, 0.3) is 0 Å². The summed E-state index contributed by atoms with van der Waals surface area (Å²) in [5, 5.41) is 22.3. The molecular formula is C12H12BrN3O4. The summed E-state index contributed by atoms with van der Waals surface area (Å²) in [4.78, 5) is 21.8. The number of urea groups is 1. The molecule has 0 radical (unpaired) electrons. The minimum absolute atomic E-state index is 0.0866. The highest BCUT2D eigenvalue weighted by Gasteiger charge is 2.07. The number of anilines is 1. The van der Waals surface area contributed by atoms with E-state index >= 15 is 0 Å². The van der Waals surface area contributed by atoms with Crippen LogP contribution in [0.15, 0.2) is 22.7 Å². The van der Waals surface area contributed by atoms with E-state index in [9.17, 15) is 9.59 Å². The summed E-state index contributed by atoms with van der Waals surface area (Å²) in [5.41, 5.74) is 0.719. The Morgan fingerprint density at radius 3 is 2.85 bits per heavy atom. The number of ether oxygens (including phenoxy) is 1. The highest BCUT2D eigenvalue weighted by molar-refractivity contribution is 9.10. The fourth-order valence-electron chi connectivity index (χ4n) is 1.28. The normalized spacial score (nSPS) is 9.60. The molecule has 0 bridgehead atoms. The van der Waals surface area contributed by atoms with E-state index < -0.39 is 18.6 Å². The van der Waals surface area contributed by atoms with Gasteiger partial charge in [0.05, 0.1) is 17.9 Å². The standard InChI is InChI=1S/C12H12BrN3O4/c13-9-2-1-8(6-14)10(5-9)16-12(19)15-3-4-20-7-11(17)18/h1-2,5H,3-4,7H2,(H,17,18)(H2,15,16,19). The number of carboxylic acids is 1. The number of carbonyl (C=O) groups excluding carboxylic acids is 1. The fraction of sp³-hybridized carbons (Fsp3) is 0.250. The molecule has 0 aliphatic heterocycles. The average Bonchev–Trinajstić information content (AvgIpc) is 2.38. The zero-order valence-electron chi connectivity index (χ0n) is 10.4. The first-order valence-electron chi connectivity index (χ1n) is 5.57. The van der Waals surface area contributed by atoms with Crippen molar-refractivity contribution in [1.29, 1.82) is 5.26 Å². The van der Waals surface area contributed by atoms with E-state index in [1.54, 1.807) is 18.2 Å². The second-order valence-corrected chi connectivity index (χ2v) is 4.54. The molecule has 0 spiro atoms. The van der Waals surface area contributed by atoms with Crippen molar-refractivity contribution in [3.63, 3.8) is 0 Å². The van der Waals surface area contributed by atoms with Crippen LogP contribution in [-0.4, -0.2) is 36.9 Å². The van der Waals surface area contributed by atoms with Gasteiger partial charge in [-0.2, -0.15) is 5.26 Å². The topological polar surface area (TPSA) is 111 Å². The first kappa shape index (κ1) is 15.9. The van der Waals surface area contributed by atoms with Gasteiger partial charge in [0.2, 0.25) is 0 Å². The lowest BCUT2D eigenvalue weighted by Gasteiger charge is -2.09. The number of aliphatic carboxylic acids is 1. The first-order chi connectivity index (χ1) is 9.52. The number of amides is 2. The molecule has 3 N–H and O–H groups in total. The van der Waals surface area contributed by atoms with Crippen molar-refractivity contribution >= 4 is 33.6 Å². The largest absolute Gasteiger partial charge is 0.480 e. The number of nitriles is 1. The zero-order valence-corrected chi connectivity index (χ0v) is 11.9. The van der Waals surface area contributed by atoms with Gasteiger partial charge in [0.1, 0.15) is 12.7 Å². The van der Waals surface area contributed by atoms with Gasteiger partial charge in [-0.1, -0.05) is 15.9 Å². The van der Waals surface area contributed by atoms with Gasteiger partial charge in [-0.05, 0) is 18.2 Å². The van der Waals surface area contributed by atoms with E-state index in [-0.39, 0.29) is 13.2 Å². The van der Waals surface area contributed by atoms with Crippen molar-refractivity contribution in [3.05, 3.63) is 28.2 Å². The molecule has 0 heterocycles. The van der Waals surface area contributed by atoms with Crippen LogP contribution in [0.4, 0.5) is 10.5 Å². The Bertz CT molecular complexity index is 542. The summed E-state index contributed by atoms with van der Waals surface area (Å²) in [6, 6.07) is 6.35. The Kier molecular flexibility index (Phi) is 6.49. The number of carboxylic acid groups (broad SMARTS) is 1. The quantitative estimate of drug-likeness (QED) is 0.679. The van der Waals surface area contributed by atoms with Gasteiger partial charge < -0.3 is 20.5 Å². The van der Waals surface area contributed by atoms with Crippen molar-refractivity contribution in [2.75, 3.05) is 25.1 Å². The number of carbonyl (C=O) groups is 2. The summed E-state index contributed by atoms with van der Waals surface area (Å²) in [5.74, 6) is -1.07. The van der Waals surface area contributed by atoms with Gasteiger partial charge >= 0.3 is 12.0 Å². The Balaban J connectivity index is 2.41. The van der Waals surface area contributed by atoms with E-state index in [1.165, 1.54) is 0 Å². The van der Waals surface area contributed by atoms with E-state index in [1.807, 2.05) is 6.07 Å². The van der Waals surface area contributed by atoms with Crippen LogP contribution >= 0.6 is 15.9 Å². The number of rotatable bonds is 6. The maximum absolute atomic E-state index is 11.6. The van der Waals surface area contributed by atoms with Crippen LogP contribution in [0.5, 0.6) is 0 Å². The number of hydrogen-bond donors (Lipinski definition) is 3. The molecule has 20 heavy (non-hydrogen) atoms. The van der Waals surface area contributed by atoms with Crippen molar-refractivity contribution in [2.45, 2.75) is 0 Å². The summed E-state index contributed by atoms with van der Waals surface area (Å²) < 4.78 is 5.49. The maximum Gasteiger partial charge on any atom is 0.329 e. The van der Waals surface area contributed by atoms with Gasteiger partial charge in [0.15, 0.2) is 0 Å². The minimum atomic E-state index is -1.07. The molecule has 7 nitrogen and oxygen atoms in total. The van der Waals surface area contributed by atoms with Gasteiger partial charge in [0.25, 0.3) is 0 Å². The third kappa shape index (κ3) is 5.69. The molecule has 0 saturated heterocycles. The fourth-order valence-corrected chi connectivity index (χ4v) is 1.64. The summed E-state index contributed by atoms with van der Waals surface area (Å²) in [6.45, 7) is -0.161. The Labute approximate surface area is 123 Å². The highest BCUT2D eigenvalue weighted by atomic mass is 79.9. The Morgan fingerprint density at radius 1 is 1.45 bits per heavy atom. The van der Waals surface area contributed by atoms with Crippen LogP contribution in [0.3, 0.4) is 0 Å². The van der Waals surface area contributed by atoms with Gasteiger partial charge in [-0.25, -0.2) is 9.59 Å². The molecule has 1 aromatic rings. The second kappa shape index (κ2) is 8.14. The second-order valence-electron chi connectivity index (χ2n) is 3.63. The Hall–Kier alpha value is -2.11. The molecule has 106 valence electrons. The summed E-state index contributed by atoms with van der Waals surface area (Å²) in [7, 11) is 0. The van der Waals surface area contributed by atoms with Gasteiger partial charge in [0, 0.05) is 11.0 Å². The lowest BCUT2D eigenvalue weighted by atomic mass is 10.2. The van der Waals surface area contributed by atoms with Gasteiger partial charge in [-0.3, -0.25) is 0 Å². The van der Waals surface area contributed by atoms with Crippen LogP contribution in [0.2, 0.25) is 0 Å². The molecule has 0 aliphatic rings. The van der Waals surface area contributed by atoms with Crippen molar-refractivity contribution in [2.24, 2.45) is 0 Å². The molecule has 0 atom stereocenters. The molecule has 8 heteroatoms.